The van der Waals surface area contributed by atoms with E-state index in [-0.39, 0.29) is 31.1 Å². The molecule has 1 aromatic carbocycles. The maximum Gasteiger partial charge on any atom is 0.339 e. The van der Waals surface area contributed by atoms with Crippen molar-refractivity contribution in [1.82, 2.24) is 0 Å². The summed E-state index contributed by atoms with van der Waals surface area (Å²) in [7, 11) is 0. The molecule has 102 valence electrons. The predicted molar refractivity (Wildman–Crippen MR) is 64.4 cm³/mol. The molecular weight excluding hydrogens is 240 g/mol. The van der Waals surface area contributed by atoms with Crippen LogP contribution in [0.1, 0.15) is 17.3 Å². The second kappa shape index (κ2) is 7.65. The van der Waals surface area contributed by atoms with Crippen LogP contribution in [0.25, 0.3) is 0 Å². The number of aliphatic hydroxyl groups excluding tert-OH is 3. The summed E-state index contributed by atoms with van der Waals surface area (Å²) >= 11 is 0. The lowest BCUT2D eigenvalue weighted by Gasteiger charge is -2.20. The van der Waals surface area contributed by atoms with E-state index in [1.807, 2.05) is 0 Å². The number of aliphatic hydroxyl groups is 3. The standard InChI is InChI=1S/C7H6O3.C5H12O3/c8-6-4-2-1-3-5(6)7(9)10;1-5(2-6,3-7)4-8/h1-4,8H,(H,9,10);6-8H,2-4H2,1H3. The first-order chi connectivity index (χ1) is 8.40. The highest BCUT2D eigenvalue weighted by molar-refractivity contribution is 5.90. The van der Waals surface area contributed by atoms with Crippen LogP contribution in [0.3, 0.4) is 0 Å². The highest BCUT2D eigenvalue weighted by Gasteiger charge is 2.20. The van der Waals surface area contributed by atoms with E-state index in [0.717, 1.165) is 0 Å². The molecule has 0 aromatic heterocycles. The number of aromatic hydroxyl groups is 1. The zero-order chi connectivity index (χ0) is 14.2. The van der Waals surface area contributed by atoms with Gasteiger partial charge in [-0.3, -0.25) is 0 Å². The van der Waals surface area contributed by atoms with Crippen LogP contribution in [-0.4, -0.2) is 51.3 Å². The highest BCUT2D eigenvalue weighted by Crippen LogP contribution is 2.14. The molecule has 0 radical (unpaired) electrons. The van der Waals surface area contributed by atoms with Crippen molar-refractivity contribution in [2.24, 2.45) is 5.41 Å². The summed E-state index contributed by atoms with van der Waals surface area (Å²) in [4.78, 5) is 10.3. The molecule has 0 aliphatic rings. The quantitative estimate of drug-likeness (QED) is 0.521. The van der Waals surface area contributed by atoms with Crippen molar-refractivity contribution in [2.45, 2.75) is 6.92 Å². The van der Waals surface area contributed by atoms with Crippen LogP contribution in [0.2, 0.25) is 0 Å². The minimum atomic E-state index is -1.11. The van der Waals surface area contributed by atoms with Crippen LogP contribution in [0.5, 0.6) is 5.75 Å². The van der Waals surface area contributed by atoms with Crippen LogP contribution in [0.15, 0.2) is 24.3 Å². The van der Waals surface area contributed by atoms with Crippen molar-refractivity contribution in [3.05, 3.63) is 29.8 Å². The first kappa shape index (κ1) is 16.4. The summed E-state index contributed by atoms with van der Waals surface area (Å²) < 4.78 is 0. The van der Waals surface area contributed by atoms with Crippen LogP contribution in [-0.2, 0) is 0 Å². The van der Waals surface area contributed by atoms with E-state index in [2.05, 4.69) is 0 Å². The zero-order valence-electron chi connectivity index (χ0n) is 10.1. The number of carboxylic acids is 1. The molecule has 6 heteroatoms. The molecule has 0 amide bonds. The van der Waals surface area contributed by atoms with Crippen LogP contribution in [0, 0.1) is 5.41 Å². The van der Waals surface area contributed by atoms with Gasteiger partial charge in [-0.2, -0.15) is 0 Å². The molecule has 5 N–H and O–H groups in total. The van der Waals surface area contributed by atoms with Gasteiger partial charge in [-0.25, -0.2) is 4.79 Å². The summed E-state index contributed by atoms with van der Waals surface area (Å²) in [5.74, 6) is -1.31. The number of hydrogen-bond acceptors (Lipinski definition) is 5. The molecule has 0 aliphatic heterocycles. The molecule has 0 saturated heterocycles. The average Bonchev–Trinajstić information content (AvgIpc) is 2.39. The maximum absolute atomic E-state index is 10.3. The van der Waals surface area contributed by atoms with Gasteiger partial charge in [0, 0.05) is 5.41 Å². The molecule has 0 bridgehead atoms. The van der Waals surface area contributed by atoms with Gasteiger partial charge >= 0.3 is 5.97 Å². The third-order valence-electron chi connectivity index (χ3n) is 2.28. The fraction of sp³-hybridized carbons (Fsp3) is 0.417. The summed E-state index contributed by atoms with van der Waals surface area (Å²) in [6.45, 7) is 1.06. The lowest BCUT2D eigenvalue weighted by molar-refractivity contribution is 0.0200. The number of hydrogen-bond donors (Lipinski definition) is 5. The Kier molecular flexibility index (Phi) is 6.96. The van der Waals surface area contributed by atoms with E-state index >= 15 is 0 Å². The van der Waals surface area contributed by atoms with Crippen molar-refractivity contribution >= 4 is 5.97 Å². The summed E-state index contributed by atoms with van der Waals surface area (Å²) in [6.07, 6.45) is 0. The van der Waals surface area contributed by atoms with Gasteiger partial charge in [0.05, 0.1) is 19.8 Å². The average molecular weight is 258 g/mol. The molecule has 1 aromatic rings. The molecule has 18 heavy (non-hydrogen) atoms. The number of carbonyl (C=O) groups is 1. The van der Waals surface area contributed by atoms with Crippen LogP contribution >= 0.6 is 0 Å². The van der Waals surface area contributed by atoms with Gasteiger partial charge < -0.3 is 25.5 Å². The smallest absolute Gasteiger partial charge is 0.339 e. The lowest BCUT2D eigenvalue weighted by atomic mass is 9.95. The number of aromatic carboxylic acids is 1. The fourth-order valence-corrected chi connectivity index (χ4v) is 0.804. The van der Waals surface area contributed by atoms with Gasteiger partial charge in [-0.05, 0) is 12.1 Å². The van der Waals surface area contributed by atoms with E-state index in [0.29, 0.717) is 0 Å². The van der Waals surface area contributed by atoms with Gasteiger partial charge in [0.2, 0.25) is 0 Å². The number of carboxylic acid groups (broad SMARTS) is 1. The van der Waals surface area contributed by atoms with Crippen LogP contribution in [0.4, 0.5) is 0 Å². The molecule has 0 fully saturated rings. The molecule has 6 nitrogen and oxygen atoms in total. The normalized spacial score (nSPS) is 10.4. The monoisotopic (exact) mass is 258 g/mol. The zero-order valence-corrected chi connectivity index (χ0v) is 10.1. The van der Waals surface area contributed by atoms with Crippen molar-refractivity contribution in [1.29, 1.82) is 0 Å². The Balaban J connectivity index is 0.000000331. The molecule has 0 atom stereocenters. The lowest BCUT2D eigenvalue weighted by Crippen LogP contribution is -2.29. The SMILES string of the molecule is CC(CO)(CO)CO.O=C(O)c1ccccc1O. The molecule has 0 aliphatic carbocycles. The van der Waals surface area contributed by atoms with Gasteiger partial charge in [-0.15, -0.1) is 0 Å². The van der Waals surface area contributed by atoms with Gasteiger partial charge in [-0.1, -0.05) is 19.1 Å². The second-order valence-corrected chi connectivity index (χ2v) is 4.11. The summed E-state index contributed by atoms with van der Waals surface area (Å²) in [6, 6.07) is 5.81. The Hall–Kier alpha value is -1.63. The van der Waals surface area contributed by atoms with E-state index in [1.165, 1.54) is 12.1 Å². The third kappa shape index (κ3) is 5.13. The molecule has 0 spiro atoms. The molecule has 0 unspecified atom stereocenters. The maximum atomic E-state index is 10.3. The van der Waals surface area contributed by atoms with E-state index in [1.54, 1.807) is 19.1 Å². The number of phenols is 1. The Bertz CT molecular complexity index is 364. The minimum absolute atomic E-state index is 0.0671. The third-order valence-corrected chi connectivity index (χ3v) is 2.28. The largest absolute Gasteiger partial charge is 0.507 e. The number of rotatable bonds is 4. The fourth-order valence-electron chi connectivity index (χ4n) is 0.804. The number of para-hydroxylation sites is 1. The van der Waals surface area contributed by atoms with Gasteiger partial charge in [0.25, 0.3) is 0 Å². The molecule has 1 rings (SSSR count). The molecule has 0 heterocycles. The first-order valence-corrected chi connectivity index (χ1v) is 5.24. The van der Waals surface area contributed by atoms with Crippen molar-refractivity contribution in [3.8, 4) is 5.75 Å². The number of benzene rings is 1. The summed E-state index contributed by atoms with van der Waals surface area (Å²) in [5.41, 5.74) is -0.775. The highest BCUT2D eigenvalue weighted by atomic mass is 16.4. The Morgan fingerprint density at radius 3 is 1.78 bits per heavy atom. The molecule has 0 saturated carbocycles. The van der Waals surface area contributed by atoms with Crippen molar-refractivity contribution < 1.29 is 30.3 Å². The Morgan fingerprint density at radius 2 is 1.56 bits per heavy atom. The molecular formula is C12H18O6. The van der Waals surface area contributed by atoms with Gasteiger partial charge in [0.1, 0.15) is 11.3 Å². The summed E-state index contributed by atoms with van der Waals surface area (Å²) in [5, 5.41) is 42.7. The van der Waals surface area contributed by atoms with Gasteiger partial charge in [0.15, 0.2) is 0 Å². The van der Waals surface area contributed by atoms with Crippen molar-refractivity contribution in [2.75, 3.05) is 19.8 Å². The van der Waals surface area contributed by atoms with Crippen LogP contribution < -0.4 is 0 Å². The first-order valence-electron chi connectivity index (χ1n) is 5.24. The second-order valence-electron chi connectivity index (χ2n) is 4.11. The predicted octanol–water partition coefficient (Wildman–Crippen LogP) is 0.0600. The van der Waals surface area contributed by atoms with E-state index in [4.69, 9.17) is 25.5 Å². The topological polar surface area (TPSA) is 118 Å². The Morgan fingerprint density at radius 1 is 1.11 bits per heavy atom. The minimum Gasteiger partial charge on any atom is -0.507 e. The van der Waals surface area contributed by atoms with E-state index in [9.17, 15) is 4.79 Å². The van der Waals surface area contributed by atoms with E-state index < -0.39 is 11.4 Å². The van der Waals surface area contributed by atoms with Crippen molar-refractivity contribution in [3.63, 3.8) is 0 Å². The Labute approximate surface area is 105 Å².